The first-order valence-corrected chi connectivity index (χ1v) is 11.2. The van der Waals surface area contributed by atoms with E-state index in [1.165, 1.54) is 44.2 Å². The standard InChI is InChI=1S/C19H19F6O2PS/c1-16(2,29-3)28(27,13-9-5-4-6-10-13)15-12-8-7-11-14(15)17(26,18(20,21)22)19(23,24)25/h4-12,26H,1-3H3. The zero-order valence-corrected chi connectivity index (χ0v) is 17.4. The SMILES string of the molecule is CSC(C)(C)P(=O)(c1ccccc1)c1ccccc1C(O)(C(F)(F)F)C(F)(F)F. The summed E-state index contributed by atoms with van der Waals surface area (Å²) >= 11 is 1.05. The fraction of sp³-hybridized carbons (Fsp3) is 0.368. The highest BCUT2D eigenvalue weighted by Gasteiger charge is 2.72. The molecular formula is C19H19F6O2PS. The topological polar surface area (TPSA) is 37.3 Å². The van der Waals surface area contributed by atoms with Gasteiger partial charge in [-0.25, -0.2) is 0 Å². The van der Waals surface area contributed by atoms with Crippen molar-refractivity contribution < 1.29 is 36.0 Å². The lowest BCUT2D eigenvalue weighted by Crippen LogP contribution is -2.56. The van der Waals surface area contributed by atoms with E-state index >= 15 is 0 Å². The van der Waals surface area contributed by atoms with Gasteiger partial charge in [0.2, 0.25) is 0 Å². The smallest absolute Gasteiger partial charge is 0.369 e. The molecule has 0 aliphatic heterocycles. The van der Waals surface area contributed by atoms with E-state index in [0.717, 1.165) is 23.9 Å². The highest BCUT2D eigenvalue weighted by molar-refractivity contribution is 8.09. The fourth-order valence-corrected chi connectivity index (χ4v) is 7.61. The van der Waals surface area contributed by atoms with E-state index in [1.54, 1.807) is 12.3 Å². The number of benzene rings is 2. The molecule has 10 heteroatoms. The van der Waals surface area contributed by atoms with Crippen LogP contribution in [0.25, 0.3) is 0 Å². The second kappa shape index (κ2) is 7.67. The van der Waals surface area contributed by atoms with Crippen LogP contribution in [0.5, 0.6) is 0 Å². The third kappa shape index (κ3) is 3.73. The number of hydrogen-bond acceptors (Lipinski definition) is 3. The minimum atomic E-state index is -6.08. The van der Waals surface area contributed by atoms with Crippen LogP contribution in [-0.4, -0.2) is 28.2 Å². The Morgan fingerprint density at radius 2 is 1.28 bits per heavy atom. The van der Waals surface area contributed by atoms with Crippen molar-refractivity contribution in [2.75, 3.05) is 6.26 Å². The number of halogens is 6. The van der Waals surface area contributed by atoms with Gasteiger partial charge in [-0.2, -0.15) is 38.1 Å². The van der Waals surface area contributed by atoms with Crippen molar-refractivity contribution in [3.8, 4) is 0 Å². The summed E-state index contributed by atoms with van der Waals surface area (Å²) in [6, 6.07) is 11.0. The quantitative estimate of drug-likeness (QED) is 0.483. The van der Waals surface area contributed by atoms with E-state index in [4.69, 9.17) is 0 Å². The van der Waals surface area contributed by atoms with Crippen molar-refractivity contribution in [2.45, 2.75) is 36.3 Å². The Kier molecular flexibility index (Phi) is 6.31. The van der Waals surface area contributed by atoms with E-state index in [-0.39, 0.29) is 5.30 Å². The Morgan fingerprint density at radius 1 is 0.828 bits per heavy atom. The minimum Gasteiger partial charge on any atom is -0.369 e. The molecule has 0 fully saturated rings. The molecule has 1 atom stereocenters. The zero-order valence-electron chi connectivity index (χ0n) is 15.7. The van der Waals surface area contributed by atoms with Crippen LogP contribution in [0.2, 0.25) is 0 Å². The molecule has 2 nitrogen and oxygen atoms in total. The molecule has 29 heavy (non-hydrogen) atoms. The number of thioether (sulfide) groups is 1. The van der Waals surface area contributed by atoms with E-state index in [1.807, 2.05) is 0 Å². The predicted molar refractivity (Wildman–Crippen MR) is 103 cm³/mol. The molecule has 0 amide bonds. The Hall–Kier alpha value is -1.44. The lowest BCUT2D eigenvalue weighted by Gasteiger charge is -2.39. The van der Waals surface area contributed by atoms with Crippen molar-refractivity contribution >= 4 is 29.5 Å². The third-order valence-electron chi connectivity index (χ3n) is 4.83. The lowest BCUT2D eigenvalue weighted by molar-refractivity contribution is -0.375. The van der Waals surface area contributed by atoms with Crippen LogP contribution < -0.4 is 10.6 Å². The molecular weight excluding hydrogens is 437 g/mol. The van der Waals surface area contributed by atoms with Crippen LogP contribution in [0.4, 0.5) is 26.3 Å². The van der Waals surface area contributed by atoms with Gasteiger partial charge < -0.3 is 9.67 Å². The predicted octanol–water partition coefficient (Wildman–Crippen LogP) is 5.41. The first-order valence-electron chi connectivity index (χ1n) is 8.31. The summed E-state index contributed by atoms with van der Waals surface area (Å²) in [4.78, 5) is 0. The molecule has 2 aromatic carbocycles. The Morgan fingerprint density at radius 3 is 1.72 bits per heavy atom. The first-order chi connectivity index (χ1) is 13.1. The van der Waals surface area contributed by atoms with Gasteiger partial charge in [-0.3, -0.25) is 0 Å². The minimum absolute atomic E-state index is 0.0958. The highest BCUT2D eigenvalue weighted by atomic mass is 32.2. The van der Waals surface area contributed by atoms with Crippen LogP contribution in [-0.2, 0) is 10.2 Å². The van der Waals surface area contributed by atoms with Gasteiger partial charge in [0.1, 0.15) is 0 Å². The molecule has 0 radical (unpaired) electrons. The molecule has 0 aromatic heterocycles. The maximum atomic E-state index is 14.3. The van der Waals surface area contributed by atoms with Crippen LogP contribution in [0, 0.1) is 0 Å². The summed E-state index contributed by atoms with van der Waals surface area (Å²) in [5.74, 6) is 0. The van der Waals surface area contributed by atoms with Gasteiger partial charge >= 0.3 is 12.4 Å². The fourth-order valence-electron chi connectivity index (χ4n) is 3.03. The summed E-state index contributed by atoms with van der Waals surface area (Å²) in [6.45, 7) is 2.98. The number of aliphatic hydroxyl groups is 1. The molecule has 2 aromatic rings. The summed E-state index contributed by atoms with van der Waals surface area (Å²) in [5, 5.41) is 9.43. The Bertz CT molecular complexity index is 895. The van der Waals surface area contributed by atoms with Crippen molar-refractivity contribution in [3.05, 3.63) is 60.2 Å². The van der Waals surface area contributed by atoms with E-state index < -0.39 is 40.5 Å². The van der Waals surface area contributed by atoms with Gasteiger partial charge in [-0.15, -0.1) is 0 Å². The molecule has 0 aliphatic carbocycles. The molecule has 0 spiro atoms. The summed E-state index contributed by atoms with van der Waals surface area (Å²) in [6.07, 6.45) is -10.6. The molecule has 0 heterocycles. The summed E-state index contributed by atoms with van der Waals surface area (Å²) in [5.41, 5.74) is -6.65. The Balaban J connectivity index is 3.00. The maximum absolute atomic E-state index is 14.3. The molecule has 0 aliphatic rings. The van der Waals surface area contributed by atoms with E-state index in [2.05, 4.69) is 0 Å². The Labute approximate surface area is 168 Å². The third-order valence-corrected chi connectivity index (χ3v) is 10.8. The van der Waals surface area contributed by atoms with Crippen molar-refractivity contribution in [3.63, 3.8) is 0 Å². The van der Waals surface area contributed by atoms with E-state index in [0.29, 0.717) is 6.07 Å². The van der Waals surface area contributed by atoms with Gasteiger partial charge in [-0.1, -0.05) is 54.6 Å². The van der Waals surface area contributed by atoms with Crippen LogP contribution in [0.1, 0.15) is 19.4 Å². The average Bonchev–Trinajstić information content (AvgIpc) is 2.65. The molecule has 0 saturated heterocycles. The van der Waals surface area contributed by atoms with Crippen LogP contribution in [0.15, 0.2) is 54.6 Å². The maximum Gasteiger partial charge on any atom is 0.430 e. The number of alkyl halides is 6. The van der Waals surface area contributed by atoms with Crippen molar-refractivity contribution in [2.24, 2.45) is 0 Å². The van der Waals surface area contributed by atoms with Gasteiger partial charge in [0.05, 0.1) is 4.49 Å². The first kappa shape index (κ1) is 23.8. The largest absolute Gasteiger partial charge is 0.430 e. The number of hydrogen-bond donors (Lipinski definition) is 1. The molecule has 0 saturated carbocycles. The van der Waals surface area contributed by atoms with Gasteiger partial charge in [0, 0.05) is 16.2 Å². The summed E-state index contributed by atoms with van der Waals surface area (Å²) < 4.78 is 94.5. The second-order valence-electron chi connectivity index (χ2n) is 6.82. The molecule has 0 bridgehead atoms. The van der Waals surface area contributed by atoms with Crippen molar-refractivity contribution in [1.29, 1.82) is 0 Å². The number of rotatable bonds is 5. The average molecular weight is 456 g/mol. The highest BCUT2D eigenvalue weighted by Crippen LogP contribution is 2.62. The summed E-state index contributed by atoms with van der Waals surface area (Å²) in [7, 11) is -4.10. The van der Waals surface area contributed by atoms with Gasteiger partial charge in [0.15, 0.2) is 7.14 Å². The van der Waals surface area contributed by atoms with Gasteiger partial charge in [-0.05, 0) is 20.1 Å². The normalized spacial score (nSPS) is 15.8. The monoisotopic (exact) mass is 456 g/mol. The van der Waals surface area contributed by atoms with Crippen molar-refractivity contribution in [1.82, 2.24) is 0 Å². The van der Waals surface area contributed by atoms with Crippen LogP contribution in [0.3, 0.4) is 0 Å². The van der Waals surface area contributed by atoms with E-state index in [9.17, 15) is 36.0 Å². The molecule has 160 valence electrons. The van der Waals surface area contributed by atoms with Gasteiger partial charge in [0.25, 0.3) is 5.60 Å². The van der Waals surface area contributed by atoms with Crippen LogP contribution >= 0.6 is 18.9 Å². The molecule has 1 unspecified atom stereocenters. The molecule has 2 rings (SSSR count). The zero-order chi connectivity index (χ0) is 22.3. The molecule has 1 N–H and O–H groups in total. The lowest BCUT2D eigenvalue weighted by atomic mass is 9.92. The second-order valence-corrected chi connectivity index (χ2v) is 11.9.